The van der Waals surface area contributed by atoms with Gasteiger partial charge in [-0.2, -0.15) is 0 Å². The highest BCUT2D eigenvalue weighted by atomic mass is 16.5. The number of allylic oxidation sites excluding steroid dienone is 2. The molecule has 1 fully saturated rings. The standard InChI is InChI=1S/C31H36O4/c1-19-16-27(33)31(28(34)35-19)25(20-8-12-22(13-9-20)29(2,3)4)17-24(32)18-26(31)21-10-14-23(15-11-21)30(5,6)7/h8-16,25-26H,17-18H2,1-7H3/t25-,26+,31?. The molecule has 4 heteroatoms. The van der Waals surface area contributed by atoms with Gasteiger partial charge >= 0.3 is 5.97 Å². The summed E-state index contributed by atoms with van der Waals surface area (Å²) in [5.41, 5.74) is 2.41. The van der Waals surface area contributed by atoms with Crippen LogP contribution in [0.4, 0.5) is 0 Å². The first-order valence-corrected chi connectivity index (χ1v) is 12.4. The van der Waals surface area contributed by atoms with Crippen molar-refractivity contribution in [2.75, 3.05) is 0 Å². The fraction of sp³-hybridized carbons (Fsp3) is 0.452. The van der Waals surface area contributed by atoms with E-state index in [0.717, 1.165) is 22.3 Å². The number of rotatable bonds is 2. The van der Waals surface area contributed by atoms with Crippen molar-refractivity contribution in [3.8, 4) is 0 Å². The Morgan fingerprint density at radius 2 is 1.11 bits per heavy atom. The highest BCUT2D eigenvalue weighted by Gasteiger charge is 2.62. The van der Waals surface area contributed by atoms with Gasteiger partial charge in [-0.3, -0.25) is 14.4 Å². The fourth-order valence-electron chi connectivity index (χ4n) is 5.59. The second kappa shape index (κ2) is 8.58. The van der Waals surface area contributed by atoms with Crippen molar-refractivity contribution in [2.24, 2.45) is 5.41 Å². The number of ketones is 2. The highest BCUT2D eigenvalue weighted by Crippen LogP contribution is 2.57. The Bertz CT molecular complexity index is 1120. The molecular weight excluding hydrogens is 436 g/mol. The molecule has 184 valence electrons. The quantitative estimate of drug-likeness (QED) is 0.368. The monoisotopic (exact) mass is 472 g/mol. The first-order chi connectivity index (χ1) is 16.2. The van der Waals surface area contributed by atoms with Gasteiger partial charge in [0.15, 0.2) is 5.78 Å². The van der Waals surface area contributed by atoms with Crippen LogP contribution in [0.25, 0.3) is 0 Å². The highest BCUT2D eigenvalue weighted by molar-refractivity contribution is 6.14. The molecular formula is C31H36O4. The second-order valence-electron chi connectivity index (χ2n) is 12.2. The van der Waals surface area contributed by atoms with Crippen LogP contribution in [-0.4, -0.2) is 17.5 Å². The van der Waals surface area contributed by atoms with Crippen molar-refractivity contribution in [3.05, 3.63) is 82.6 Å². The largest absolute Gasteiger partial charge is 0.430 e. The molecule has 1 saturated carbocycles. The molecule has 35 heavy (non-hydrogen) atoms. The van der Waals surface area contributed by atoms with Gasteiger partial charge in [0.1, 0.15) is 17.0 Å². The van der Waals surface area contributed by atoms with Gasteiger partial charge in [-0.1, -0.05) is 90.1 Å². The van der Waals surface area contributed by atoms with Crippen LogP contribution in [0.1, 0.15) is 95.4 Å². The van der Waals surface area contributed by atoms with E-state index in [4.69, 9.17) is 4.74 Å². The Kier molecular flexibility index (Phi) is 6.15. The lowest BCUT2D eigenvalue weighted by Gasteiger charge is -2.47. The predicted octanol–water partition coefficient (Wildman–Crippen LogP) is 6.53. The third-order valence-electron chi connectivity index (χ3n) is 7.65. The summed E-state index contributed by atoms with van der Waals surface area (Å²) in [6, 6.07) is 16.0. The van der Waals surface area contributed by atoms with E-state index in [1.165, 1.54) is 6.08 Å². The Morgan fingerprint density at radius 1 is 0.714 bits per heavy atom. The smallest absolute Gasteiger partial charge is 0.326 e. The zero-order chi connectivity index (χ0) is 25.8. The van der Waals surface area contributed by atoms with E-state index in [2.05, 4.69) is 41.5 Å². The topological polar surface area (TPSA) is 60.4 Å². The van der Waals surface area contributed by atoms with E-state index in [0.29, 0.717) is 5.76 Å². The molecule has 1 aliphatic heterocycles. The fourth-order valence-corrected chi connectivity index (χ4v) is 5.59. The van der Waals surface area contributed by atoms with Crippen LogP contribution >= 0.6 is 0 Å². The van der Waals surface area contributed by atoms with Crippen LogP contribution in [0.3, 0.4) is 0 Å². The van der Waals surface area contributed by atoms with Crippen LogP contribution in [-0.2, 0) is 30.0 Å². The van der Waals surface area contributed by atoms with Gasteiger partial charge in [0.2, 0.25) is 0 Å². The number of carbonyl (C=O) groups is 3. The maximum Gasteiger partial charge on any atom is 0.326 e. The minimum atomic E-state index is -1.47. The van der Waals surface area contributed by atoms with Gasteiger partial charge in [-0.05, 0) is 40.0 Å². The van der Waals surface area contributed by atoms with Crippen LogP contribution in [0.15, 0.2) is 60.4 Å². The molecule has 0 bridgehead atoms. The Balaban J connectivity index is 1.89. The number of benzene rings is 2. The molecule has 1 unspecified atom stereocenters. The zero-order valence-electron chi connectivity index (χ0n) is 21.9. The molecule has 1 aliphatic carbocycles. The van der Waals surface area contributed by atoms with Gasteiger partial charge in [0.25, 0.3) is 0 Å². The Hall–Kier alpha value is -3.01. The van der Waals surface area contributed by atoms with E-state index >= 15 is 0 Å². The molecule has 0 aromatic heterocycles. The molecule has 1 heterocycles. The molecule has 0 radical (unpaired) electrons. The van der Waals surface area contributed by atoms with Gasteiger partial charge in [0.05, 0.1) is 0 Å². The third-order valence-corrected chi connectivity index (χ3v) is 7.65. The minimum absolute atomic E-state index is 0.0324. The van der Waals surface area contributed by atoms with Gasteiger partial charge in [0, 0.05) is 30.8 Å². The molecule has 0 amide bonds. The Morgan fingerprint density at radius 3 is 1.46 bits per heavy atom. The maximum absolute atomic E-state index is 13.8. The first kappa shape index (κ1) is 25.1. The number of ether oxygens (including phenoxy) is 1. The molecule has 2 aliphatic rings. The molecule has 0 N–H and O–H groups in total. The SMILES string of the molecule is CC1=CC(=O)C2(C(=O)O1)[C@@H](c1ccc(C(C)(C)C)cc1)CC(=O)C[C@H]2c1ccc(C(C)(C)C)cc1. The number of carbonyl (C=O) groups excluding carboxylic acids is 3. The lowest BCUT2D eigenvalue weighted by molar-refractivity contribution is -0.164. The molecule has 0 saturated heterocycles. The van der Waals surface area contributed by atoms with Crippen LogP contribution in [0.2, 0.25) is 0 Å². The zero-order valence-corrected chi connectivity index (χ0v) is 21.9. The van der Waals surface area contributed by atoms with Crippen LogP contribution in [0.5, 0.6) is 0 Å². The second-order valence-corrected chi connectivity index (χ2v) is 12.2. The molecule has 4 nitrogen and oxygen atoms in total. The van der Waals surface area contributed by atoms with Gasteiger partial charge in [-0.25, -0.2) is 0 Å². The predicted molar refractivity (Wildman–Crippen MR) is 137 cm³/mol. The molecule has 2 aromatic rings. The van der Waals surface area contributed by atoms with Crippen molar-refractivity contribution in [1.82, 2.24) is 0 Å². The molecule has 2 aromatic carbocycles. The van der Waals surface area contributed by atoms with E-state index in [1.807, 2.05) is 48.5 Å². The van der Waals surface area contributed by atoms with Crippen molar-refractivity contribution in [1.29, 1.82) is 0 Å². The van der Waals surface area contributed by atoms with Crippen molar-refractivity contribution in [3.63, 3.8) is 0 Å². The number of hydrogen-bond donors (Lipinski definition) is 0. The number of cyclic esters (lactones) is 1. The lowest BCUT2D eigenvalue weighted by Crippen LogP contribution is -2.54. The first-order valence-electron chi connectivity index (χ1n) is 12.4. The molecule has 1 spiro atoms. The summed E-state index contributed by atoms with van der Waals surface area (Å²) < 4.78 is 5.63. The van der Waals surface area contributed by atoms with E-state index in [-0.39, 0.29) is 35.2 Å². The van der Waals surface area contributed by atoms with Crippen LogP contribution < -0.4 is 0 Å². The Labute approximate surface area is 208 Å². The summed E-state index contributed by atoms with van der Waals surface area (Å²) in [4.78, 5) is 40.7. The number of hydrogen-bond acceptors (Lipinski definition) is 4. The van der Waals surface area contributed by atoms with Crippen LogP contribution in [0, 0.1) is 5.41 Å². The van der Waals surface area contributed by atoms with E-state index < -0.39 is 23.2 Å². The summed E-state index contributed by atoms with van der Waals surface area (Å²) in [5.74, 6) is -1.65. The summed E-state index contributed by atoms with van der Waals surface area (Å²) >= 11 is 0. The van der Waals surface area contributed by atoms with Crippen molar-refractivity contribution >= 4 is 17.5 Å². The van der Waals surface area contributed by atoms with Gasteiger partial charge < -0.3 is 4.74 Å². The number of esters is 1. The summed E-state index contributed by atoms with van der Waals surface area (Å²) in [5, 5.41) is 0. The maximum atomic E-state index is 13.8. The summed E-state index contributed by atoms with van der Waals surface area (Å²) in [6.07, 6.45) is 1.71. The summed E-state index contributed by atoms with van der Waals surface area (Å²) in [6.45, 7) is 14.5. The van der Waals surface area contributed by atoms with Gasteiger partial charge in [-0.15, -0.1) is 0 Å². The van der Waals surface area contributed by atoms with E-state index in [1.54, 1.807) is 6.92 Å². The average molecular weight is 473 g/mol. The minimum Gasteiger partial charge on any atom is -0.430 e. The average Bonchev–Trinajstić information content (AvgIpc) is 2.76. The van der Waals surface area contributed by atoms with Crippen molar-refractivity contribution < 1.29 is 19.1 Å². The summed E-state index contributed by atoms with van der Waals surface area (Å²) in [7, 11) is 0. The van der Waals surface area contributed by atoms with Crippen molar-refractivity contribution in [2.45, 2.75) is 84.0 Å². The number of Topliss-reactive ketones (excluding diaryl/α,β-unsaturated/α-hetero) is 1. The molecule has 3 atom stereocenters. The molecule has 4 rings (SSSR count). The third kappa shape index (κ3) is 4.39. The lowest BCUT2D eigenvalue weighted by atomic mass is 9.53. The van der Waals surface area contributed by atoms with E-state index in [9.17, 15) is 14.4 Å². The normalized spacial score (nSPS) is 25.5.